The Balaban J connectivity index is 1.28. The van der Waals surface area contributed by atoms with Crippen LogP contribution in [0.15, 0.2) is 34.9 Å². The molecule has 2 heterocycles. The number of amides is 1. The van der Waals surface area contributed by atoms with Gasteiger partial charge in [-0.3, -0.25) is 4.79 Å². The highest BCUT2D eigenvalue weighted by atomic mass is 16.5. The minimum atomic E-state index is -0.100. The van der Waals surface area contributed by atoms with Gasteiger partial charge >= 0.3 is 0 Å². The van der Waals surface area contributed by atoms with Gasteiger partial charge in [0.05, 0.1) is 13.0 Å². The number of carbonyl (C=O) groups excluding carboxylic acids is 1. The molecule has 1 saturated heterocycles. The normalized spacial score (nSPS) is 20.1. The van der Waals surface area contributed by atoms with Crippen molar-refractivity contribution in [2.75, 3.05) is 19.8 Å². The Bertz CT molecular complexity index is 755. The van der Waals surface area contributed by atoms with Crippen molar-refractivity contribution in [2.45, 2.75) is 57.4 Å². The van der Waals surface area contributed by atoms with Crippen molar-refractivity contribution in [3.63, 3.8) is 0 Å². The van der Waals surface area contributed by atoms with Gasteiger partial charge in [0.25, 0.3) is 0 Å². The fraction of sp³-hybridized carbons (Fsp3) is 0.591. The third kappa shape index (κ3) is 4.79. The van der Waals surface area contributed by atoms with Gasteiger partial charge in [-0.2, -0.15) is 4.98 Å². The largest absolute Gasteiger partial charge is 0.381 e. The molecule has 1 unspecified atom stereocenters. The molecular weight excluding hydrogens is 354 g/mol. The van der Waals surface area contributed by atoms with Gasteiger partial charge in [0, 0.05) is 19.6 Å². The topological polar surface area (TPSA) is 68.5 Å². The van der Waals surface area contributed by atoms with Crippen LogP contribution in [-0.2, 0) is 22.4 Å². The van der Waals surface area contributed by atoms with Crippen molar-refractivity contribution >= 4 is 5.91 Å². The molecule has 1 atom stereocenters. The van der Waals surface area contributed by atoms with E-state index in [2.05, 4.69) is 10.1 Å². The van der Waals surface area contributed by atoms with Gasteiger partial charge in [-0.25, -0.2) is 0 Å². The van der Waals surface area contributed by atoms with Gasteiger partial charge in [0.15, 0.2) is 5.82 Å². The molecule has 1 aliphatic heterocycles. The van der Waals surface area contributed by atoms with Crippen LogP contribution in [0.3, 0.4) is 0 Å². The Morgan fingerprint density at radius 1 is 1.14 bits per heavy atom. The van der Waals surface area contributed by atoms with E-state index in [1.165, 1.54) is 25.7 Å². The average molecular weight is 383 g/mol. The molecule has 0 spiro atoms. The van der Waals surface area contributed by atoms with Crippen LogP contribution < -0.4 is 0 Å². The minimum Gasteiger partial charge on any atom is -0.381 e. The Kier molecular flexibility index (Phi) is 6.37. The fourth-order valence-electron chi connectivity index (χ4n) is 4.29. The molecule has 4 rings (SSSR count). The summed E-state index contributed by atoms with van der Waals surface area (Å²) >= 11 is 0. The highest BCUT2D eigenvalue weighted by Crippen LogP contribution is 2.31. The van der Waals surface area contributed by atoms with Crippen LogP contribution in [0.1, 0.15) is 61.8 Å². The second-order valence-electron chi connectivity index (χ2n) is 7.93. The molecule has 2 aliphatic rings. The van der Waals surface area contributed by atoms with Crippen LogP contribution in [-0.4, -0.2) is 40.7 Å². The summed E-state index contributed by atoms with van der Waals surface area (Å²) in [7, 11) is 0. The molecule has 1 aliphatic carbocycles. The summed E-state index contributed by atoms with van der Waals surface area (Å²) in [5.74, 6) is 2.07. The van der Waals surface area contributed by atoms with E-state index in [0.717, 1.165) is 37.5 Å². The molecule has 2 fully saturated rings. The van der Waals surface area contributed by atoms with Gasteiger partial charge in [0.1, 0.15) is 6.04 Å². The molecule has 28 heavy (non-hydrogen) atoms. The van der Waals surface area contributed by atoms with Gasteiger partial charge in [0.2, 0.25) is 11.8 Å². The lowest BCUT2D eigenvalue weighted by Gasteiger charge is -2.21. The zero-order valence-electron chi connectivity index (χ0n) is 16.4. The van der Waals surface area contributed by atoms with E-state index in [9.17, 15) is 4.79 Å². The molecule has 1 saturated carbocycles. The number of nitrogens with zero attached hydrogens (tertiary/aromatic N) is 3. The summed E-state index contributed by atoms with van der Waals surface area (Å²) in [4.78, 5) is 19.2. The first kappa shape index (κ1) is 19.1. The van der Waals surface area contributed by atoms with Crippen LogP contribution >= 0.6 is 0 Å². The first-order valence-corrected chi connectivity index (χ1v) is 10.5. The Hall–Kier alpha value is -2.21. The third-order valence-corrected chi connectivity index (χ3v) is 5.84. The van der Waals surface area contributed by atoms with E-state index in [1.54, 1.807) is 0 Å². The van der Waals surface area contributed by atoms with E-state index in [0.29, 0.717) is 31.2 Å². The first-order valence-electron chi connectivity index (χ1n) is 10.5. The van der Waals surface area contributed by atoms with Gasteiger partial charge < -0.3 is 14.2 Å². The molecule has 0 radical (unpaired) electrons. The average Bonchev–Trinajstić information content (AvgIpc) is 3.47. The molecule has 150 valence electrons. The van der Waals surface area contributed by atoms with Crippen molar-refractivity contribution in [1.29, 1.82) is 0 Å². The zero-order valence-corrected chi connectivity index (χ0v) is 16.4. The molecule has 6 nitrogen and oxygen atoms in total. The highest BCUT2D eigenvalue weighted by molar-refractivity contribution is 5.79. The van der Waals surface area contributed by atoms with Crippen LogP contribution in [0.2, 0.25) is 0 Å². The van der Waals surface area contributed by atoms with E-state index < -0.39 is 0 Å². The maximum atomic E-state index is 12.8. The fourth-order valence-corrected chi connectivity index (χ4v) is 4.29. The van der Waals surface area contributed by atoms with E-state index in [-0.39, 0.29) is 11.9 Å². The highest BCUT2D eigenvalue weighted by Gasteiger charge is 2.33. The molecule has 6 heteroatoms. The molecule has 0 bridgehead atoms. The monoisotopic (exact) mass is 383 g/mol. The summed E-state index contributed by atoms with van der Waals surface area (Å²) in [6.45, 7) is 2.21. The Morgan fingerprint density at radius 2 is 1.96 bits per heavy atom. The van der Waals surface area contributed by atoms with Crippen molar-refractivity contribution in [3.05, 3.63) is 47.6 Å². The number of carbonyl (C=O) groups is 1. The number of hydrogen-bond donors (Lipinski definition) is 0. The Morgan fingerprint density at radius 3 is 2.79 bits per heavy atom. The molecule has 2 aromatic rings. The predicted molar refractivity (Wildman–Crippen MR) is 105 cm³/mol. The van der Waals surface area contributed by atoms with E-state index >= 15 is 0 Å². The maximum Gasteiger partial charge on any atom is 0.249 e. The zero-order chi connectivity index (χ0) is 19.2. The molecule has 1 aromatic carbocycles. The summed E-state index contributed by atoms with van der Waals surface area (Å²) < 4.78 is 11.3. The standard InChI is InChI=1S/C22H29N3O3/c26-21(15-17-7-2-1-3-8-17)25-13-6-11-19(25)22-23-20(24-28-22)12-14-27-16-18-9-4-5-10-18/h1-3,7-8,18-19H,4-6,9-16H2. The number of rotatable bonds is 8. The van der Waals surface area contributed by atoms with Crippen LogP contribution in [0.25, 0.3) is 0 Å². The van der Waals surface area contributed by atoms with Crippen LogP contribution in [0.4, 0.5) is 0 Å². The molecule has 1 amide bonds. The molecular formula is C22H29N3O3. The first-order chi connectivity index (χ1) is 13.8. The minimum absolute atomic E-state index is 0.100. The number of benzene rings is 1. The van der Waals surface area contributed by atoms with Crippen molar-refractivity contribution in [1.82, 2.24) is 15.0 Å². The lowest BCUT2D eigenvalue weighted by atomic mass is 10.1. The lowest BCUT2D eigenvalue weighted by molar-refractivity contribution is -0.131. The van der Waals surface area contributed by atoms with Gasteiger partial charge in [-0.15, -0.1) is 0 Å². The Labute approximate surface area is 166 Å². The summed E-state index contributed by atoms with van der Waals surface area (Å²) in [5.41, 5.74) is 1.03. The quantitative estimate of drug-likeness (QED) is 0.650. The second-order valence-corrected chi connectivity index (χ2v) is 7.93. The summed E-state index contributed by atoms with van der Waals surface area (Å²) in [6.07, 6.45) is 8.16. The SMILES string of the molecule is O=C(Cc1ccccc1)N1CCCC1c1nc(CCOCC2CCCC2)no1. The second kappa shape index (κ2) is 9.32. The van der Waals surface area contributed by atoms with Crippen molar-refractivity contribution in [3.8, 4) is 0 Å². The number of ether oxygens (including phenoxy) is 1. The summed E-state index contributed by atoms with van der Waals surface area (Å²) in [5, 5.41) is 4.10. The van der Waals surface area contributed by atoms with Crippen LogP contribution in [0, 0.1) is 5.92 Å². The van der Waals surface area contributed by atoms with Crippen molar-refractivity contribution in [2.24, 2.45) is 5.92 Å². The number of aromatic nitrogens is 2. The van der Waals surface area contributed by atoms with Gasteiger partial charge in [-0.1, -0.05) is 48.3 Å². The molecule has 0 N–H and O–H groups in total. The van der Waals surface area contributed by atoms with Gasteiger partial charge in [-0.05, 0) is 37.2 Å². The molecule has 1 aromatic heterocycles. The van der Waals surface area contributed by atoms with Crippen LogP contribution in [0.5, 0.6) is 0 Å². The maximum absolute atomic E-state index is 12.8. The number of hydrogen-bond acceptors (Lipinski definition) is 5. The lowest BCUT2D eigenvalue weighted by Crippen LogP contribution is -2.32. The third-order valence-electron chi connectivity index (χ3n) is 5.84. The summed E-state index contributed by atoms with van der Waals surface area (Å²) in [6, 6.07) is 9.76. The predicted octanol–water partition coefficient (Wildman–Crippen LogP) is 3.73. The van der Waals surface area contributed by atoms with Crippen molar-refractivity contribution < 1.29 is 14.1 Å². The number of likely N-dealkylation sites (tertiary alicyclic amines) is 1. The smallest absolute Gasteiger partial charge is 0.249 e. The van der Waals surface area contributed by atoms with E-state index in [4.69, 9.17) is 9.26 Å². The van der Waals surface area contributed by atoms with E-state index in [1.807, 2.05) is 35.2 Å².